The number of nitrogens with zero attached hydrogens (tertiary/aromatic N) is 3. The van der Waals surface area contributed by atoms with Gasteiger partial charge >= 0.3 is 0 Å². The lowest BCUT2D eigenvalue weighted by molar-refractivity contribution is 0.0535. The Kier molecular flexibility index (Phi) is 6.10. The molecule has 0 unspecified atom stereocenters. The van der Waals surface area contributed by atoms with Crippen LogP contribution >= 0.6 is 0 Å². The molecule has 8 nitrogen and oxygen atoms in total. The zero-order chi connectivity index (χ0) is 24.4. The van der Waals surface area contributed by atoms with E-state index in [9.17, 15) is 9.59 Å². The molecule has 1 saturated heterocycles. The Labute approximate surface area is 202 Å². The molecule has 5 rings (SSSR count). The minimum atomic E-state index is -0.101. The van der Waals surface area contributed by atoms with Crippen molar-refractivity contribution >= 4 is 22.7 Å². The largest absolute Gasteiger partial charge is 0.493 e. The van der Waals surface area contributed by atoms with Gasteiger partial charge in [0.1, 0.15) is 5.52 Å². The second-order valence-corrected chi connectivity index (χ2v) is 8.26. The average molecular weight is 472 g/mol. The lowest BCUT2D eigenvalue weighted by Crippen LogP contribution is -2.50. The third kappa shape index (κ3) is 4.30. The van der Waals surface area contributed by atoms with Crippen LogP contribution in [0.2, 0.25) is 0 Å². The molecule has 0 N–H and O–H groups in total. The molecule has 35 heavy (non-hydrogen) atoms. The topological polar surface area (TPSA) is 85.1 Å². The first-order valence-electron chi connectivity index (χ1n) is 11.3. The van der Waals surface area contributed by atoms with Crippen LogP contribution in [0.5, 0.6) is 11.5 Å². The fourth-order valence-corrected chi connectivity index (χ4v) is 4.32. The van der Waals surface area contributed by atoms with Crippen molar-refractivity contribution in [1.82, 2.24) is 15.0 Å². The van der Waals surface area contributed by atoms with Crippen molar-refractivity contribution in [3.63, 3.8) is 0 Å². The van der Waals surface area contributed by atoms with Gasteiger partial charge in [-0.05, 0) is 36.4 Å². The highest BCUT2D eigenvalue weighted by atomic mass is 16.5. The Balaban J connectivity index is 1.29. The molecule has 0 radical (unpaired) electrons. The van der Waals surface area contributed by atoms with Gasteiger partial charge in [0.05, 0.1) is 19.6 Å². The first-order chi connectivity index (χ1) is 17.1. The fraction of sp³-hybridized carbons (Fsp3) is 0.222. The molecular weight excluding hydrogens is 446 g/mol. The van der Waals surface area contributed by atoms with E-state index in [1.807, 2.05) is 36.4 Å². The van der Waals surface area contributed by atoms with E-state index in [-0.39, 0.29) is 11.8 Å². The predicted octanol–water partition coefficient (Wildman–Crippen LogP) is 4.11. The Morgan fingerprint density at radius 1 is 0.771 bits per heavy atom. The SMILES string of the molecule is COc1ccc(C(=O)N2CCN(C(=O)c3ccc4noc(-c5ccccc5)c4c3)CC2)cc1OC. The van der Waals surface area contributed by atoms with Gasteiger partial charge in [0.2, 0.25) is 0 Å². The molecular formula is C27H25N3O5. The summed E-state index contributed by atoms with van der Waals surface area (Å²) in [4.78, 5) is 29.8. The molecule has 0 aliphatic carbocycles. The van der Waals surface area contributed by atoms with Crippen LogP contribution in [0, 0.1) is 0 Å². The van der Waals surface area contributed by atoms with E-state index >= 15 is 0 Å². The molecule has 1 aliphatic rings. The van der Waals surface area contributed by atoms with E-state index in [1.165, 1.54) is 7.11 Å². The lowest BCUT2D eigenvalue weighted by Gasteiger charge is -2.35. The van der Waals surface area contributed by atoms with Crippen molar-refractivity contribution in [3.05, 3.63) is 77.9 Å². The number of piperazine rings is 1. The maximum atomic E-state index is 13.3. The second-order valence-electron chi connectivity index (χ2n) is 8.26. The van der Waals surface area contributed by atoms with Crippen LogP contribution in [-0.2, 0) is 0 Å². The summed E-state index contributed by atoms with van der Waals surface area (Å²) >= 11 is 0. The summed E-state index contributed by atoms with van der Waals surface area (Å²) < 4.78 is 16.1. The number of amides is 2. The third-order valence-electron chi connectivity index (χ3n) is 6.24. The molecule has 0 saturated carbocycles. The van der Waals surface area contributed by atoms with Crippen LogP contribution in [0.25, 0.3) is 22.2 Å². The summed E-state index contributed by atoms with van der Waals surface area (Å²) in [6.07, 6.45) is 0. The van der Waals surface area contributed by atoms with E-state index in [2.05, 4.69) is 5.16 Å². The van der Waals surface area contributed by atoms with Crippen LogP contribution < -0.4 is 9.47 Å². The summed E-state index contributed by atoms with van der Waals surface area (Å²) in [6.45, 7) is 1.80. The van der Waals surface area contributed by atoms with E-state index in [0.29, 0.717) is 60.1 Å². The van der Waals surface area contributed by atoms with Gasteiger partial charge in [-0.15, -0.1) is 0 Å². The molecule has 4 aromatic rings. The van der Waals surface area contributed by atoms with E-state index in [0.717, 1.165) is 10.9 Å². The Bertz CT molecular complexity index is 1370. The fourth-order valence-electron chi connectivity index (χ4n) is 4.32. The maximum absolute atomic E-state index is 13.3. The molecule has 0 bridgehead atoms. The van der Waals surface area contributed by atoms with Crippen molar-refractivity contribution in [2.45, 2.75) is 0 Å². The normalized spacial score (nSPS) is 13.7. The van der Waals surface area contributed by atoms with Crippen molar-refractivity contribution in [2.75, 3.05) is 40.4 Å². The summed E-state index contributed by atoms with van der Waals surface area (Å²) in [5.74, 6) is 1.54. The van der Waals surface area contributed by atoms with Crippen LogP contribution in [0.15, 0.2) is 71.3 Å². The van der Waals surface area contributed by atoms with Crippen LogP contribution in [0.3, 0.4) is 0 Å². The summed E-state index contributed by atoms with van der Waals surface area (Å²) in [7, 11) is 3.09. The van der Waals surface area contributed by atoms with Crippen LogP contribution in [0.1, 0.15) is 20.7 Å². The van der Waals surface area contributed by atoms with Gasteiger partial charge in [-0.2, -0.15) is 0 Å². The molecule has 3 aromatic carbocycles. The highest BCUT2D eigenvalue weighted by Crippen LogP contribution is 2.30. The summed E-state index contributed by atoms with van der Waals surface area (Å²) in [5.41, 5.74) is 2.69. The number of benzene rings is 3. The standard InChI is InChI=1S/C27H25N3O5/c1-33-23-11-9-20(17-24(23)34-2)27(32)30-14-12-29(13-15-30)26(31)19-8-10-22-21(16-19)25(35-28-22)18-6-4-3-5-7-18/h3-11,16-17H,12-15H2,1-2H3. The second kappa shape index (κ2) is 9.50. The van der Waals surface area contributed by atoms with Gasteiger partial charge in [-0.3, -0.25) is 9.59 Å². The van der Waals surface area contributed by atoms with Crippen molar-refractivity contribution in [1.29, 1.82) is 0 Å². The van der Waals surface area contributed by atoms with Crippen LogP contribution in [0.4, 0.5) is 0 Å². The molecule has 1 aliphatic heterocycles. The number of fused-ring (bicyclic) bond motifs is 1. The third-order valence-corrected chi connectivity index (χ3v) is 6.24. The number of aromatic nitrogens is 1. The first kappa shape index (κ1) is 22.5. The van der Waals surface area contributed by atoms with Gasteiger partial charge in [0, 0.05) is 42.9 Å². The number of hydrogen-bond donors (Lipinski definition) is 0. The van der Waals surface area contributed by atoms with Gasteiger partial charge in [-0.1, -0.05) is 35.5 Å². The predicted molar refractivity (Wildman–Crippen MR) is 131 cm³/mol. The van der Waals surface area contributed by atoms with Gasteiger partial charge in [0.25, 0.3) is 11.8 Å². The lowest BCUT2D eigenvalue weighted by atomic mass is 10.1. The molecule has 0 atom stereocenters. The van der Waals surface area contributed by atoms with Crippen molar-refractivity contribution in [2.24, 2.45) is 0 Å². The Hall–Kier alpha value is -4.33. The van der Waals surface area contributed by atoms with Crippen molar-refractivity contribution < 1.29 is 23.6 Å². The zero-order valence-corrected chi connectivity index (χ0v) is 19.6. The van der Waals surface area contributed by atoms with Gasteiger partial charge in [-0.25, -0.2) is 0 Å². The molecule has 8 heteroatoms. The molecule has 2 amide bonds. The van der Waals surface area contributed by atoms with Crippen LogP contribution in [-0.4, -0.2) is 67.2 Å². The minimum Gasteiger partial charge on any atom is -0.493 e. The van der Waals surface area contributed by atoms with E-state index < -0.39 is 0 Å². The highest BCUT2D eigenvalue weighted by molar-refractivity contribution is 6.01. The van der Waals surface area contributed by atoms with E-state index in [1.54, 1.807) is 47.2 Å². The number of methoxy groups -OCH3 is 2. The number of carbonyl (C=O) groups excluding carboxylic acids is 2. The highest BCUT2D eigenvalue weighted by Gasteiger charge is 2.26. The summed E-state index contributed by atoms with van der Waals surface area (Å²) in [5, 5.41) is 4.92. The number of ether oxygens (including phenoxy) is 2. The maximum Gasteiger partial charge on any atom is 0.254 e. The van der Waals surface area contributed by atoms with E-state index in [4.69, 9.17) is 14.0 Å². The van der Waals surface area contributed by atoms with Gasteiger partial charge < -0.3 is 23.8 Å². The minimum absolute atomic E-state index is 0.0784. The molecule has 1 fully saturated rings. The molecule has 1 aromatic heterocycles. The zero-order valence-electron chi connectivity index (χ0n) is 19.6. The first-order valence-corrected chi connectivity index (χ1v) is 11.3. The quantitative estimate of drug-likeness (QED) is 0.436. The summed E-state index contributed by atoms with van der Waals surface area (Å²) in [6, 6.07) is 20.2. The molecule has 178 valence electrons. The number of carbonyl (C=O) groups is 2. The molecule has 2 heterocycles. The average Bonchev–Trinajstić information content (AvgIpc) is 3.35. The van der Waals surface area contributed by atoms with Gasteiger partial charge in [0.15, 0.2) is 17.3 Å². The number of hydrogen-bond acceptors (Lipinski definition) is 6. The number of rotatable bonds is 5. The van der Waals surface area contributed by atoms with Crippen molar-refractivity contribution in [3.8, 4) is 22.8 Å². The Morgan fingerprint density at radius 2 is 1.37 bits per heavy atom. The monoisotopic (exact) mass is 471 g/mol. The molecule has 0 spiro atoms. The smallest absolute Gasteiger partial charge is 0.254 e. The Morgan fingerprint density at radius 3 is 2.00 bits per heavy atom.